The van der Waals surface area contributed by atoms with E-state index >= 15 is 0 Å². The molecule has 0 aliphatic carbocycles. The number of rotatable bonds is 4. The Hall–Kier alpha value is -3.30. The number of primary amides is 1. The molecule has 0 saturated heterocycles. The summed E-state index contributed by atoms with van der Waals surface area (Å²) < 4.78 is 5.75. The van der Waals surface area contributed by atoms with Gasteiger partial charge in [0.25, 0.3) is 0 Å². The number of hydroxylamine groups is 2. The number of hydrogen-bond donors (Lipinski definition) is 2. The summed E-state index contributed by atoms with van der Waals surface area (Å²) in [6.07, 6.45) is 0.837. The van der Waals surface area contributed by atoms with Crippen molar-refractivity contribution in [1.29, 1.82) is 0 Å². The first-order valence-corrected chi connectivity index (χ1v) is 8.21. The van der Waals surface area contributed by atoms with Crippen LogP contribution in [0.3, 0.4) is 0 Å². The third kappa shape index (κ3) is 4.62. The molecule has 0 aromatic heterocycles. The number of nitrogens with two attached hydrogens (primary N) is 1. The number of amides is 2. The summed E-state index contributed by atoms with van der Waals surface area (Å²) >= 11 is 0. The maximum atomic E-state index is 10.7. The van der Waals surface area contributed by atoms with Crippen molar-refractivity contribution in [3.63, 3.8) is 0 Å². The molecule has 1 heterocycles. The highest BCUT2D eigenvalue weighted by Crippen LogP contribution is 2.16. The van der Waals surface area contributed by atoms with Gasteiger partial charge in [-0.3, -0.25) is 5.21 Å². The quantitative estimate of drug-likeness (QED) is 0.504. The van der Waals surface area contributed by atoms with Crippen molar-refractivity contribution in [3.8, 4) is 11.8 Å². The smallest absolute Gasteiger partial charge is 0.339 e. The SMILES string of the molecule is NC(=O)N(O)CC#Cc1cccc(C2=N[C@H](Cc3ccccc3)CO2)c1. The van der Waals surface area contributed by atoms with Crippen molar-refractivity contribution in [2.24, 2.45) is 10.7 Å². The van der Waals surface area contributed by atoms with E-state index in [1.54, 1.807) is 0 Å². The van der Waals surface area contributed by atoms with Crippen LogP contribution in [0.1, 0.15) is 16.7 Å². The van der Waals surface area contributed by atoms with Crippen LogP contribution >= 0.6 is 0 Å². The van der Waals surface area contributed by atoms with Crippen LogP contribution in [0.2, 0.25) is 0 Å². The Morgan fingerprint density at radius 1 is 1.27 bits per heavy atom. The minimum absolute atomic E-state index is 0.0978. The minimum atomic E-state index is -0.939. The predicted molar refractivity (Wildman–Crippen MR) is 97.8 cm³/mol. The first-order valence-electron chi connectivity index (χ1n) is 8.21. The van der Waals surface area contributed by atoms with Gasteiger partial charge in [-0.05, 0) is 30.2 Å². The fourth-order valence-corrected chi connectivity index (χ4v) is 2.59. The molecule has 0 saturated carbocycles. The van der Waals surface area contributed by atoms with Gasteiger partial charge in [-0.25, -0.2) is 9.79 Å². The monoisotopic (exact) mass is 349 g/mol. The number of carbonyl (C=O) groups is 1. The number of benzene rings is 2. The van der Waals surface area contributed by atoms with Crippen LogP contribution in [-0.2, 0) is 11.2 Å². The van der Waals surface area contributed by atoms with E-state index in [0.717, 1.165) is 17.5 Å². The minimum Gasteiger partial charge on any atom is -0.475 e. The average Bonchev–Trinajstić information content (AvgIpc) is 3.11. The molecule has 0 bridgehead atoms. The van der Waals surface area contributed by atoms with Gasteiger partial charge in [-0.2, -0.15) is 5.06 Å². The molecule has 26 heavy (non-hydrogen) atoms. The van der Waals surface area contributed by atoms with Crippen LogP contribution in [0.25, 0.3) is 0 Å². The number of nitrogens with zero attached hydrogens (tertiary/aromatic N) is 2. The van der Waals surface area contributed by atoms with Gasteiger partial charge in [0.1, 0.15) is 13.2 Å². The average molecular weight is 349 g/mol. The van der Waals surface area contributed by atoms with E-state index in [1.807, 2.05) is 42.5 Å². The van der Waals surface area contributed by atoms with Crippen molar-refractivity contribution in [2.45, 2.75) is 12.5 Å². The summed E-state index contributed by atoms with van der Waals surface area (Å²) in [6.45, 7) is 0.397. The fourth-order valence-electron chi connectivity index (χ4n) is 2.59. The molecule has 3 N–H and O–H groups in total. The third-order valence-electron chi connectivity index (χ3n) is 3.85. The first-order chi connectivity index (χ1) is 12.6. The number of ether oxygens (including phenoxy) is 1. The Kier molecular flexibility index (Phi) is 5.52. The first kappa shape index (κ1) is 17.5. The van der Waals surface area contributed by atoms with Gasteiger partial charge in [0, 0.05) is 11.1 Å². The Labute approximate surface area is 151 Å². The van der Waals surface area contributed by atoms with Crippen LogP contribution in [-0.4, -0.2) is 41.4 Å². The summed E-state index contributed by atoms with van der Waals surface area (Å²) in [5.74, 6) is 6.17. The predicted octanol–water partition coefficient (Wildman–Crippen LogP) is 2.20. The number of carbonyl (C=O) groups excluding carboxylic acids is 1. The fraction of sp³-hybridized carbons (Fsp3) is 0.200. The van der Waals surface area contributed by atoms with Crippen LogP contribution in [0.4, 0.5) is 4.79 Å². The van der Waals surface area contributed by atoms with Gasteiger partial charge in [0.2, 0.25) is 5.90 Å². The highest BCUT2D eigenvalue weighted by Gasteiger charge is 2.20. The van der Waals surface area contributed by atoms with Gasteiger partial charge >= 0.3 is 6.03 Å². The maximum Gasteiger partial charge on any atom is 0.339 e. The van der Waals surface area contributed by atoms with E-state index in [9.17, 15) is 10.0 Å². The zero-order chi connectivity index (χ0) is 18.4. The molecule has 1 atom stereocenters. The van der Waals surface area contributed by atoms with Crippen molar-refractivity contribution >= 4 is 11.9 Å². The third-order valence-corrected chi connectivity index (χ3v) is 3.85. The lowest BCUT2D eigenvalue weighted by molar-refractivity contribution is -0.0269. The second-order valence-electron chi connectivity index (χ2n) is 5.87. The van der Waals surface area contributed by atoms with E-state index in [1.165, 1.54) is 5.56 Å². The summed E-state index contributed by atoms with van der Waals surface area (Å²) in [4.78, 5) is 15.4. The molecule has 132 valence electrons. The molecule has 1 aliphatic rings. The van der Waals surface area contributed by atoms with E-state index in [-0.39, 0.29) is 12.6 Å². The molecular weight excluding hydrogens is 330 g/mol. The summed E-state index contributed by atoms with van der Waals surface area (Å²) in [6, 6.07) is 16.8. The molecule has 6 nitrogen and oxygen atoms in total. The Morgan fingerprint density at radius 3 is 2.85 bits per heavy atom. The number of aliphatic imine (C=N–C) groups is 1. The summed E-state index contributed by atoms with van der Waals surface area (Å²) in [5, 5.41) is 9.56. The largest absolute Gasteiger partial charge is 0.475 e. The molecule has 2 aromatic rings. The zero-order valence-electron chi connectivity index (χ0n) is 14.1. The molecule has 0 spiro atoms. The Morgan fingerprint density at radius 2 is 2.08 bits per heavy atom. The normalized spacial score (nSPS) is 15.4. The highest BCUT2D eigenvalue weighted by molar-refractivity contribution is 5.95. The molecular formula is C20H19N3O3. The second kappa shape index (κ2) is 8.19. The number of urea groups is 1. The van der Waals surface area contributed by atoms with Gasteiger partial charge in [-0.1, -0.05) is 48.2 Å². The maximum absolute atomic E-state index is 10.7. The van der Waals surface area contributed by atoms with E-state index in [2.05, 4.69) is 29.0 Å². The number of hydrogen-bond acceptors (Lipinski definition) is 4. The lowest BCUT2D eigenvalue weighted by atomic mass is 10.1. The summed E-state index contributed by atoms with van der Waals surface area (Å²) in [7, 11) is 0. The van der Waals surface area contributed by atoms with Crippen molar-refractivity contribution in [2.75, 3.05) is 13.2 Å². The highest BCUT2D eigenvalue weighted by atomic mass is 16.5. The zero-order valence-corrected chi connectivity index (χ0v) is 14.1. The second-order valence-corrected chi connectivity index (χ2v) is 5.87. The lowest BCUT2D eigenvalue weighted by Gasteiger charge is -2.05. The van der Waals surface area contributed by atoms with Crippen molar-refractivity contribution in [1.82, 2.24) is 5.06 Å². The van der Waals surface area contributed by atoms with E-state index < -0.39 is 6.03 Å². The molecule has 0 unspecified atom stereocenters. The molecule has 0 fully saturated rings. The van der Waals surface area contributed by atoms with Crippen LogP contribution in [0.5, 0.6) is 0 Å². The molecule has 3 rings (SSSR count). The van der Waals surface area contributed by atoms with Gasteiger partial charge in [0.05, 0.1) is 6.04 Å². The van der Waals surface area contributed by atoms with Gasteiger partial charge in [-0.15, -0.1) is 0 Å². The standard InChI is InChI=1S/C20H19N3O3/c21-20(24)23(25)11-5-9-15-8-4-10-17(12-15)19-22-18(14-26-19)13-16-6-2-1-3-7-16/h1-4,6-8,10,12,18,25H,11,13-14H2,(H2,21,24)/t18-/m1/s1. The van der Waals surface area contributed by atoms with Crippen LogP contribution in [0.15, 0.2) is 59.6 Å². The van der Waals surface area contributed by atoms with Crippen molar-refractivity contribution < 1.29 is 14.7 Å². The molecule has 2 amide bonds. The van der Waals surface area contributed by atoms with Crippen LogP contribution in [0, 0.1) is 11.8 Å². The summed E-state index contributed by atoms with van der Waals surface area (Å²) in [5.41, 5.74) is 7.74. The molecule has 2 aromatic carbocycles. The van der Waals surface area contributed by atoms with Gasteiger partial charge in [0.15, 0.2) is 0 Å². The topological polar surface area (TPSA) is 88.2 Å². The van der Waals surface area contributed by atoms with Crippen LogP contribution < -0.4 is 5.73 Å². The molecule has 6 heteroatoms. The Balaban J connectivity index is 1.67. The van der Waals surface area contributed by atoms with Crippen molar-refractivity contribution in [3.05, 3.63) is 71.3 Å². The molecule has 0 radical (unpaired) electrons. The van der Waals surface area contributed by atoms with E-state index in [4.69, 9.17) is 10.5 Å². The van der Waals surface area contributed by atoms with E-state index in [0.29, 0.717) is 17.6 Å². The Bertz CT molecular complexity index is 869. The molecule has 1 aliphatic heterocycles. The lowest BCUT2D eigenvalue weighted by Crippen LogP contribution is -2.32. The van der Waals surface area contributed by atoms with Gasteiger partial charge < -0.3 is 10.5 Å².